The first-order chi connectivity index (χ1) is 6.02. The lowest BCUT2D eigenvalue weighted by atomic mass is 9.76. The topological polar surface area (TPSA) is 43.1 Å². The van der Waals surface area contributed by atoms with Crippen LogP contribution in [0.5, 0.6) is 0 Å². The van der Waals surface area contributed by atoms with Crippen LogP contribution >= 0.6 is 0 Å². The van der Waals surface area contributed by atoms with Crippen molar-refractivity contribution in [2.75, 3.05) is 0 Å². The molecule has 2 N–H and O–H groups in total. The lowest BCUT2D eigenvalue weighted by molar-refractivity contribution is -0.127. The molecular weight excluding hydrogens is 162 g/mol. The van der Waals surface area contributed by atoms with Gasteiger partial charge in [-0.15, -0.1) is 0 Å². The third-order valence-electron chi connectivity index (χ3n) is 3.19. The Bertz CT molecular complexity index is 181. The monoisotopic (exact) mass is 183 g/mol. The van der Waals surface area contributed by atoms with Gasteiger partial charge >= 0.3 is 0 Å². The van der Waals surface area contributed by atoms with Gasteiger partial charge in [-0.2, -0.15) is 0 Å². The number of primary amides is 1. The van der Waals surface area contributed by atoms with E-state index in [1.807, 2.05) is 13.8 Å². The SMILES string of the molecule is CC(C)(CC1CCCCC1)C(N)=O. The van der Waals surface area contributed by atoms with Gasteiger partial charge in [-0.1, -0.05) is 46.0 Å². The molecule has 0 aromatic heterocycles. The number of amides is 1. The Morgan fingerprint density at radius 1 is 1.31 bits per heavy atom. The molecule has 0 spiro atoms. The molecule has 2 heteroatoms. The average molecular weight is 183 g/mol. The van der Waals surface area contributed by atoms with Gasteiger partial charge in [0.05, 0.1) is 0 Å². The first-order valence-electron chi connectivity index (χ1n) is 5.32. The summed E-state index contributed by atoms with van der Waals surface area (Å²) in [5, 5.41) is 0. The molecule has 1 amide bonds. The maximum atomic E-state index is 11.1. The van der Waals surface area contributed by atoms with Crippen LogP contribution in [0.3, 0.4) is 0 Å². The summed E-state index contributed by atoms with van der Waals surface area (Å²) in [5.74, 6) is 0.578. The Kier molecular flexibility index (Phi) is 3.34. The zero-order chi connectivity index (χ0) is 9.90. The van der Waals surface area contributed by atoms with E-state index < -0.39 is 0 Å². The van der Waals surface area contributed by atoms with E-state index in [9.17, 15) is 4.79 Å². The summed E-state index contributed by atoms with van der Waals surface area (Å²) in [6.07, 6.45) is 7.59. The van der Waals surface area contributed by atoms with Gasteiger partial charge in [0.1, 0.15) is 0 Å². The molecular formula is C11H21NO. The fourth-order valence-corrected chi connectivity index (χ4v) is 2.21. The molecule has 0 aromatic carbocycles. The first kappa shape index (κ1) is 10.6. The molecule has 1 aliphatic rings. The number of carbonyl (C=O) groups is 1. The minimum atomic E-state index is -0.304. The van der Waals surface area contributed by atoms with E-state index in [4.69, 9.17) is 5.73 Å². The summed E-state index contributed by atoms with van der Waals surface area (Å²) >= 11 is 0. The molecule has 1 saturated carbocycles. The van der Waals surface area contributed by atoms with E-state index in [0.29, 0.717) is 0 Å². The van der Waals surface area contributed by atoms with E-state index in [1.54, 1.807) is 0 Å². The molecule has 13 heavy (non-hydrogen) atoms. The van der Waals surface area contributed by atoms with Crippen molar-refractivity contribution in [1.29, 1.82) is 0 Å². The largest absolute Gasteiger partial charge is 0.369 e. The van der Waals surface area contributed by atoms with Crippen molar-refractivity contribution in [2.24, 2.45) is 17.1 Å². The Morgan fingerprint density at radius 2 is 1.85 bits per heavy atom. The van der Waals surface area contributed by atoms with Gasteiger partial charge in [-0.3, -0.25) is 4.79 Å². The molecule has 2 nitrogen and oxygen atoms in total. The highest BCUT2D eigenvalue weighted by Crippen LogP contribution is 2.34. The fourth-order valence-electron chi connectivity index (χ4n) is 2.21. The predicted molar refractivity (Wildman–Crippen MR) is 54.2 cm³/mol. The summed E-state index contributed by atoms with van der Waals surface area (Å²) in [5.41, 5.74) is 5.04. The molecule has 0 saturated heterocycles. The van der Waals surface area contributed by atoms with Crippen LogP contribution in [-0.2, 0) is 4.79 Å². The highest BCUT2D eigenvalue weighted by Gasteiger charge is 2.29. The summed E-state index contributed by atoms with van der Waals surface area (Å²) in [4.78, 5) is 11.1. The number of rotatable bonds is 3. The first-order valence-corrected chi connectivity index (χ1v) is 5.32. The summed E-state index contributed by atoms with van der Waals surface area (Å²) in [7, 11) is 0. The van der Waals surface area contributed by atoms with Crippen molar-refractivity contribution in [3.8, 4) is 0 Å². The third-order valence-corrected chi connectivity index (χ3v) is 3.19. The van der Waals surface area contributed by atoms with Crippen molar-refractivity contribution in [3.63, 3.8) is 0 Å². The van der Waals surface area contributed by atoms with Gasteiger partial charge in [0.25, 0.3) is 0 Å². The quantitative estimate of drug-likeness (QED) is 0.717. The van der Waals surface area contributed by atoms with E-state index in [-0.39, 0.29) is 11.3 Å². The lowest BCUT2D eigenvalue weighted by Crippen LogP contribution is -2.33. The molecule has 0 unspecified atom stereocenters. The molecule has 0 radical (unpaired) electrons. The fraction of sp³-hybridized carbons (Fsp3) is 0.909. The number of carbonyl (C=O) groups excluding carboxylic acids is 1. The maximum absolute atomic E-state index is 11.1. The Labute approximate surface area is 80.9 Å². The average Bonchev–Trinajstić information content (AvgIpc) is 2.05. The molecule has 0 aliphatic heterocycles. The smallest absolute Gasteiger partial charge is 0.223 e. The van der Waals surface area contributed by atoms with E-state index >= 15 is 0 Å². The van der Waals surface area contributed by atoms with Crippen LogP contribution in [0.2, 0.25) is 0 Å². The van der Waals surface area contributed by atoms with Crippen LogP contribution in [0.4, 0.5) is 0 Å². The molecule has 0 atom stereocenters. The second-order valence-electron chi connectivity index (χ2n) is 4.96. The van der Waals surface area contributed by atoms with E-state index in [0.717, 1.165) is 12.3 Å². The van der Waals surface area contributed by atoms with E-state index in [2.05, 4.69) is 0 Å². The maximum Gasteiger partial charge on any atom is 0.223 e. The number of hydrogen-bond acceptors (Lipinski definition) is 1. The van der Waals surface area contributed by atoms with Gasteiger partial charge in [0.15, 0.2) is 0 Å². The second kappa shape index (κ2) is 4.12. The van der Waals surface area contributed by atoms with Crippen molar-refractivity contribution in [2.45, 2.75) is 52.4 Å². The Hall–Kier alpha value is -0.530. The molecule has 1 aliphatic carbocycles. The van der Waals surface area contributed by atoms with Crippen molar-refractivity contribution < 1.29 is 4.79 Å². The Balaban J connectivity index is 2.41. The van der Waals surface area contributed by atoms with Gasteiger partial charge in [-0.25, -0.2) is 0 Å². The zero-order valence-electron chi connectivity index (χ0n) is 8.81. The standard InChI is InChI=1S/C11H21NO/c1-11(2,10(12)13)8-9-6-4-3-5-7-9/h9H,3-8H2,1-2H3,(H2,12,13). The second-order valence-corrected chi connectivity index (χ2v) is 4.96. The zero-order valence-corrected chi connectivity index (χ0v) is 8.81. The number of hydrogen-bond donors (Lipinski definition) is 1. The van der Waals surface area contributed by atoms with Crippen LogP contribution in [0.1, 0.15) is 52.4 Å². The molecule has 1 rings (SSSR count). The minimum absolute atomic E-state index is 0.155. The van der Waals surface area contributed by atoms with Crippen LogP contribution in [0.15, 0.2) is 0 Å². The predicted octanol–water partition coefficient (Wildman–Crippen LogP) is 2.47. The van der Waals surface area contributed by atoms with Crippen LogP contribution < -0.4 is 5.73 Å². The van der Waals surface area contributed by atoms with E-state index in [1.165, 1.54) is 32.1 Å². The molecule has 0 aromatic rings. The minimum Gasteiger partial charge on any atom is -0.369 e. The van der Waals surface area contributed by atoms with Crippen molar-refractivity contribution in [1.82, 2.24) is 0 Å². The highest BCUT2D eigenvalue weighted by molar-refractivity contribution is 5.79. The van der Waals surface area contributed by atoms with Gasteiger partial charge in [0, 0.05) is 5.41 Å². The van der Waals surface area contributed by atoms with Crippen LogP contribution in [0, 0.1) is 11.3 Å². The lowest BCUT2D eigenvalue weighted by Gasteiger charge is -2.29. The van der Waals surface area contributed by atoms with Gasteiger partial charge in [-0.05, 0) is 12.3 Å². The third kappa shape index (κ3) is 3.02. The summed E-state index contributed by atoms with van der Waals surface area (Å²) in [6.45, 7) is 3.92. The van der Waals surface area contributed by atoms with Crippen LogP contribution in [0.25, 0.3) is 0 Å². The normalized spacial score (nSPS) is 20.2. The van der Waals surface area contributed by atoms with Crippen molar-refractivity contribution in [3.05, 3.63) is 0 Å². The summed E-state index contributed by atoms with van der Waals surface area (Å²) < 4.78 is 0. The summed E-state index contributed by atoms with van der Waals surface area (Å²) in [6, 6.07) is 0. The number of nitrogens with two attached hydrogens (primary N) is 1. The highest BCUT2D eigenvalue weighted by atomic mass is 16.1. The molecule has 76 valence electrons. The molecule has 1 fully saturated rings. The van der Waals surface area contributed by atoms with Gasteiger partial charge < -0.3 is 5.73 Å². The van der Waals surface area contributed by atoms with Crippen molar-refractivity contribution >= 4 is 5.91 Å². The molecule has 0 heterocycles. The Morgan fingerprint density at radius 3 is 2.31 bits per heavy atom. The molecule has 0 bridgehead atoms. The van der Waals surface area contributed by atoms with Crippen LogP contribution in [-0.4, -0.2) is 5.91 Å². The van der Waals surface area contributed by atoms with Gasteiger partial charge in [0.2, 0.25) is 5.91 Å².